The monoisotopic (exact) mass is 588 g/mol. The summed E-state index contributed by atoms with van der Waals surface area (Å²) in [6.07, 6.45) is 0. The molecule has 0 saturated carbocycles. The van der Waals surface area contributed by atoms with Crippen LogP contribution in [0.2, 0.25) is 0 Å². The molecule has 0 aromatic heterocycles. The summed E-state index contributed by atoms with van der Waals surface area (Å²) in [5, 5.41) is 1.30. The Morgan fingerprint density at radius 2 is 0.667 bits per heavy atom. The van der Waals surface area contributed by atoms with Crippen LogP contribution in [0.15, 0.2) is 60.7 Å². The molecule has 2 fully saturated rings. The lowest BCUT2D eigenvalue weighted by Crippen LogP contribution is -2.62. The third kappa shape index (κ3) is 4.63. The van der Waals surface area contributed by atoms with Crippen LogP contribution >= 0.6 is 73.3 Å². The summed E-state index contributed by atoms with van der Waals surface area (Å²) in [5.41, 5.74) is 1.28. The average molecular weight is 589 g/mol. The van der Waals surface area contributed by atoms with Gasteiger partial charge in [0.05, 0.1) is 10.8 Å². The first-order chi connectivity index (χ1) is 16.8. The van der Waals surface area contributed by atoms with Gasteiger partial charge in [-0.15, -0.1) is 0 Å². The Bertz CT molecular complexity index is 1100. The van der Waals surface area contributed by atoms with E-state index < -0.39 is 10.8 Å². The molecule has 2 saturated heterocycles. The summed E-state index contributed by atoms with van der Waals surface area (Å²) in [6.45, 7) is 4.11. The molecular formula is C26H28N4S6. The molecule has 188 valence electrons. The Hall–Kier alpha value is -1.82. The number of hydrogen-bond acceptors (Lipinski definition) is 6. The van der Waals surface area contributed by atoms with E-state index >= 15 is 0 Å². The lowest BCUT2D eigenvalue weighted by molar-refractivity contribution is 0.546. The van der Waals surface area contributed by atoms with Crippen molar-refractivity contribution in [1.29, 1.82) is 0 Å². The van der Waals surface area contributed by atoms with Crippen LogP contribution in [0.5, 0.6) is 0 Å². The van der Waals surface area contributed by atoms with Crippen LogP contribution in [-0.4, -0.2) is 78.0 Å². The van der Waals surface area contributed by atoms with Crippen molar-refractivity contribution < 1.29 is 0 Å². The Kier molecular flexibility index (Phi) is 8.69. The van der Waals surface area contributed by atoms with Crippen LogP contribution in [0.1, 0.15) is 25.0 Å². The van der Waals surface area contributed by atoms with Gasteiger partial charge in [0.15, 0.2) is 10.2 Å². The van der Waals surface area contributed by atoms with Gasteiger partial charge in [-0.05, 0) is 49.4 Å². The topological polar surface area (TPSA) is 13.0 Å². The van der Waals surface area contributed by atoms with Crippen molar-refractivity contribution in [3.8, 4) is 0 Å². The zero-order valence-corrected chi connectivity index (χ0v) is 25.9. The van der Waals surface area contributed by atoms with E-state index in [9.17, 15) is 0 Å². The molecule has 4 nitrogen and oxygen atoms in total. The van der Waals surface area contributed by atoms with E-state index in [0.29, 0.717) is 10.2 Å². The minimum Gasteiger partial charge on any atom is -0.315 e. The molecule has 0 spiro atoms. The molecule has 4 rings (SSSR count). The standard InChI is InChI=1S/2C13H14N2S3/c2*1-13(9-7-5-4-6-8-9)10(16)14(2)12(18)15(3)11(13)17/h2*4-8H,1-3H3. The summed E-state index contributed by atoms with van der Waals surface area (Å²) in [6, 6.07) is 20.2. The highest BCUT2D eigenvalue weighted by Crippen LogP contribution is 2.35. The molecule has 2 aromatic rings. The minimum absolute atomic E-state index is 0.461. The molecular weight excluding hydrogens is 561 g/mol. The first-order valence-electron chi connectivity index (χ1n) is 11.1. The van der Waals surface area contributed by atoms with Gasteiger partial charge in [0.2, 0.25) is 0 Å². The predicted octanol–water partition coefficient (Wildman–Crippen LogP) is 5.52. The summed E-state index contributed by atoms with van der Waals surface area (Å²) < 4.78 is 0. The molecule has 2 aromatic carbocycles. The molecule has 2 aliphatic heterocycles. The van der Waals surface area contributed by atoms with Gasteiger partial charge in [0.1, 0.15) is 20.0 Å². The summed E-state index contributed by atoms with van der Waals surface area (Å²) in [4.78, 5) is 10.4. The van der Waals surface area contributed by atoms with Crippen LogP contribution in [0.4, 0.5) is 0 Å². The van der Waals surface area contributed by atoms with E-state index in [-0.39, 0.29) is 0 Å². The average Bonchev–Trinajstić information content (AvgIpc) is 2.92. The van der Waals surface area contributed by atoms with Crippen molar-refractivity contribution in [2.24, 2.45) is 0 Å². The third-order valence-corrected chi connectivity index (χ3v) is 10.6. The number of likely N-dealkylation sites (N-methyl/N-ethyl adjacent to an activating group) is 4. The van der Waals surface area contributed by atoms with E-state index in [1.165, 1.54) is 0 Å². The van der Waals surface area contributed by atoms with E-state index in [1.54, 1.807) is 0 Å². The molecule has 2 aliphatic rings. The van der Waals surface area contributed by atoms with Crippen molar-refractivity contribution in [2.45, 2.75) is 24.7 Å². The van der Waals surface area contributed by atoms with Crippen LogP contribution in [-0.2, 0) is 10.8 Å². The van der Waals surface area contributed by atoms with Gasteiger partial charge in [0.25, 0.3) is 0 Å². The third-order valence-electron chi connectivity index (χ3n) is 6.78. The molecule has 10 heteroatoms. The number of rotatable bonds is 2. The van der Waals surface area contributed by atoms with Crippen molar-refractivity contribution in [1.82, 2.24) is 19.6 Å². The summed E-state index contributed by atoms with van der Waals surface area (Å²) in [5.74, 6) is 0. The number of nitrogens with zero attached hydrogens (tertiary/aromatic N) is 4. The van der Waals surface area contributed by atoms with Gasteiger partial charge in [-0.2, -0.15) is 0 Å². The lowest BCUT2D eigenvalue weighted by atomic mass is 9.80. The second-order valence-corrected chi connectivity index (χ2v) is 11.3. The Balaban J connectivity index is 0.000000201. The molecule has 0 radical (unpaired) electrons. The number of thiocarbonyl (C=S) groups is 6. The van der Waals surface area contributed by atoms with Gasteiger partial charge in [0, 0.05) is 28.2 Å². The van der Waals surface area contributed by atoms with E-state index in [0.717, 1.165) is 31.1 Å². The second kappa shape index (κ2) is 10.9. The van der Waals surface area contributed by atoms with Gasteiger partial charge >= 0.3 is 0 Å². The molecule has 0 atom stereocenters. The van der Waals surface area contributed by atoms with Crippen LogP contribution in [0.3, 0.4) is 0 Å². The second-order valence-electron chi connectivity index (χ2n) is 9.00. The maximum atomic E-state index is 5.58. The smallest absolute Gasteiger partial charge is 0.180 e. The molecule has 0 N–H and O–H groups in total. The van der Waals surface area contributed by atoms with Crippen LogP contribution < -0.4 is 0 Å². The first-order valence-corrected chi connectivity index (χ1v) is 13.6. The van der Waals surface area contributed by atoms with Crippen molar-refractivity contribution in [2.75, 3.05) is 28.2 Å². The highest BCUT2D eigenvalue weighted by Gasteiger charge is 2.47. The quantitative estimate of drug-likeness (QED) is 0.414. The molecule has 36 heavy (non-hydrogen) atoms. The first kappa shape index (κ1) is 28.7. The Labute approximate surface area is 246 Å². The highest BCUT2D eigenvalue weighted by atomic mass is 32.1. The Morgan fingerprint density at radius 3 is 0.889 bits per heavy atom. The minimum atomic E-state index is -0.461. The SMILES string of the molecule is CN1C(=S)N(C)C(=S)C(C)(c2ccccc2)C1=S.CN1C(=S)N(C)C(=S)C(C)(c2ccccc2)C1=S. The summed E-state index contributed by atoms with van der Waals surface area (Å²) >= 11 is 33.0. The van der Waals surface area contributed by atoms with Crippen molar-refractivity contribution in [3.63, 3.8) is 0 Å². The highest BCUT2D eigenvalue weighted by molar-refractivity contribution is 7.84. The fourth-order valence-corrected chi connectivity index (χ4v) is 6.29. The molecule has 0 amide bonds. The van der Waals surface area contributed by atoms with Crippen LogP contribution in [0.25, 0.3) is 0 Å². The Morgan fingerprint density at radius 1 is 0.444 bits per heavy atom. The molecule has 0 aliphatic carbocycles. The van der Waals surface area contributed by atoms with Crippen molar-refractivity contribution in [3.05, 3.63) is 71.8 Å². The van der Waals surface area contributed by atoms with Crippen molar-refractivity contribution >= 4 is 103 Å². The fraction of sp³-hybridized carbons (Fsp3) is 0.308. The van der Waals surface area contributed by atoms with Gasteiger partial charge in [-0.1, -0.05) is 110 Å². The molecule has 2 heterocycles. The summed E-state index contributed by atoms with van der Waals surface area (Å²) in [7, 11) is 7.57. The zero-order valence-electron chi connectivity index (χ0n) is 21.0. The number of hydrogen-bond donors (Lipinski definition) is 0. The molecule has 0 bridgehead atoms. The van der Waals surface area contributed by atoms with Gasteiger partial charge in [-0.3, -0.25) is 0 Å². The number of benzene rings is 2. The normalized spacial score (nSPS) is 19.4. The maximum Gasteiger partial charge on any atom is 0.180 e. The van der Waals surface area contributed by atoms with E-state index in [2.05, 4.69) is 38.1 Å². The maximum absolute atomic E-state index is 5.58. The largest absolute Gasteiger partial charge is 0.315 e. The fourth-order valence-electron chi connectivity index (χ4n) is 4.36. The van der Waals surface area contributed by atoms with Crippen LogP contribution in [0, 0.1) is 0 Å². The van der Waals surface area contributed by atoms with Gasteiger partial charge in [-0.25, -0.2) is 0 Å². The van der Waals surface area contributed by atoms with E-state index in [4.69, 9.17) is 73.3 Å². The van der Waals surface area contributed by atoms with E-state index in [1.807, 2.05) is 84.2 Å². The molecule has 0 unspecified atom stereocenters. The predicted molar refractivity (Wildman–Crippen MR) is 174 cm³/mol. The van der Waals surface area contributed by atoms with Gasteiger partial charge < -0.3 is 19.6 Å². The lowest BCUT2D eigenvalue weighted by Gasteiger charge is -2.46. The zero-order chi connectivity index (χ0) is 27.0.